The Bertz CT molecular complexity index is 527. The van der Waals surface area contributed by atoms with E-state index < -0.39 is 34.8 Å². The molecule has 110 valence electrons. The summed E-state index contributed by atoms with van der Waals surface area (Å²) in [5, 5.41) is 3.77. The van der Waals surface area contributed by atoms with E-state index in [0.717, 1.165) is 12.8 Å². The molecule has 1 saturated carbocycles. The van der Waals surface area contributed by atoms with E-state index in [2.05, 4.69) is 5.10 Å². The quantitative estimate of drug-likeness (QED) is 0.372. The fraction of sp³-hybridized carbons (Fsp3) is 0.462. The van der Waals surface area contributed by atoms with Crippen LogP contribution in [0.5, 0.6) is 0 Å². The number of nitrogens with zero attached hydrogens (tertiary/aromatic N) is 1. The Morgan fingerprint density at radius 2 is 1.50 bits per heavy atom. The van der Waals surface area contributed by atoms with Crippen LogP contribution in [0.15, 0.2) is 5.10 Å². The van der Waals surface area contributed by atoms with E-state index >= 15 is 0 Å². The van der Waals surface area contributed by atoms with Crippen molar-refractivity contribution in [1.82, 2.24) is 0 Å². The molecule has 0 radical (unpaired) electrons. The largest absolute Gasteiger partial charge is 0.272 e. The second-order valence-corrected chi connectivity index (χ2v) is 4.94. The normalized spacial score (nSPS) is 21.3. The summed E-state index contributed by atoms with van der Waals surface area (Å²) >= 11 is 0. The first kappa shape index (κ1) is 14.7. The maximum Gasteiger partial charge on any atom is 0.200 e. The van der Waals surface area contributed by atoms with Gasteiger partial charge < -0.3 is 0 Å². The van der Waals surface area contributed by atoms with Crippen molar-refractivity contribution in [3.8, 4) is 0 Å². The number of benzene rings is 1. The summed E-state index contributed by atoms with van der Waals surface area (Å²) in [6.45, 7) is 2.01. The molecule has 0 spiro atoms. The SMILES string of the molecule is C[C@H]1CCC/C(=N/Nc2c(F)c(F)c(F)c(F)c2F)C1. The van der Waals surface area contributed by atoms with Crippen LogP contribution in [0.3, 0.4) is 0 Å². The van der Waals surface area contributed by atoms with Gasteiger partial charge in [-0.2, -0.15) is 5.10 Å². The minimum Gasteiger partial charge on any atom is -0.272 e. The molecule has 0 heterocycles. The van der Waals surface area contributed by atoms with E-state index in [4.69, 9.17) is 0 Å². The van der Waals surface area contributed by atoms with Gasteiger partial charge in [-0.05, 0) is 31.6 Å². The van der Waals surface area contributed by atoms with Crippen molar-refractivity contribution in [2.45, 2.75) is 32.6 Å². The van der Waals surface area contributed by atoms with Crippen molar-refractivity contribution < 1.29 is 22.0 Å². The van der Waals surface area contributed by atoms with Crippen LogP contribution in [-0.2, 0) is 0 Å². The summed E-state index contributed by atoms with van der Waals surface area (Å²) < 4.78 is 65.6. The lowest BCUT2D eigenvalue weighted by Crippen LogP contribution is -2.15. The molecule has 1 aromatic carbocycles. The van der Waals surface area contributed by atoms with Crippen molar-refractivity contribution in [3.63, 3.8) is 0 Å². The molecule has 1 N–H and O–H groups in total. The average molecular weight is 292 g/mol. The molecule has 1 aromatic rings. The molecular weight excluding hydrogens is 279 g/mol. The number of hydrogen-bond acceptors (Lipinski definition) is 2. The standard InChI is InChI=1S/C13H13F5N2/c1-6-3-2-4-7(5-6)19-20-13-11(17)9(15)8(14)10(16)12(13)18/h6,20H,2-5H2,1H3/b19-7-/t6-/m0/s1. The molecule has 0 bridgehead atoms. The van der Waals surface area contributed by atoms with E-state index in [-0.39, 0.29) is 0 Å². The Labute approximate surface area is 112 Å². The maximum atomic E-state index is 13.4. The Hall–Kier alpha value is -1.66. The van der Waals surface area contributed by atoms with Crippen molar-refractivity contribution in [1.29, 1.82) is 0 Å². The maximum absolute atomic E-state index is 13.4. The highest BCUT2D eigenvalue weighted by atomic mass is 19.2. The van der Waals surface area contributed by atoms with Gasteiger partial charge in [-0.15, -0.1) is 0 Å². The summed E-state index contributed by atoms with van der Waals surface area (Å²) in [6, 6.07) is 0. The minimum absolute atomic E-state index is 0.390. The second-order valence-electron chi connectivity index (χ2n) is 4.94. The number of anilines is 1. The van der Waals surface area contributed by atoms with E-state index in [1.165, 1.54) is 0 Å². The lowest BCUT2D eigenvalue weighted by molar-refractivity contribution is 0.381. The molecule has 0 amide bonds. The highest BCUT2D eigenvalue weighted by Gasteiger charge is 2.26. The molecule has 1 fully saturated rings. The first-order chi connectivity index (χ1) is 9.41. The van der Waals surface area contributed by atoms with Gasteiger partial charge in [0.05, 0.1) is 0 Å². The Morgan fingerprint density at radius 3 is 2.05 bits per heavy atom. The van der Waals surface area contributed by atoms with E-state index in [9.17, 15) is 22.0 Å². The third kappa shape index (κ3) is 2.76. The van der Waals surface area contributed by atoms with Crippen LogP contribution >= 0.6 is 0 Å². The Balaban J connectivity index is 2.28. The summed E-state index contributed by atoms with van der Waals surface area (Å²) in [7, 11) is 0. The number of hydrazone groups is 1. The van der Waals surface area contributed by atoms with Gasteiger partial charge in [-0.25, -0.2) is 22.0 Å². The molecule has 0 saturated heterocycles. The lowest BCUT2D eigenvalue weighted by atomic mass is 9.89. The molecule has 1 aliphatic rings. The molecule has 2 rings (SSSR count). The summed E-state index contributed by atoms with van der Waals surface area (Å²) in [6.07, 6.45) is 3.20. The molecule has 0 aromatic heterocycles. The van der Waals surface area contributed by atoms with Crippen LogP contribution in [0.4, 0.5) is 27.6 Å². The van der Waals surface area contributed by atoms with Gasteiger partial charge in [0.1, 0.15) is 5.69 Å². The van der Waals surface area contributed by atoms with Gasteiger partial charge in [0.2, 0.25) is 5.82 Å². The first-order valence-corrected chi connectivity index (χ1v) is 6.24. The zero-order valence-electron chi connectivity index (χ0n) is 10.7. The minimum atomic E-state index is -2.18. The number of hydrogen-bond donors (Lipinski definition) is 1. The predicted molar refractivity (Wildman–Crippen MR) is 64.9 cm³/mol. The van der Waals surface area contributed by atoms with Crippen LogP contribution < -0.4 is 5.43 Å². The highest BCUT2D eigenvalue weighted by Crippen LogP contribution is 2.28. The van der Waals surface area contributed by atoms with Gasteiger partial charge in [0.15, 0.2) is 23.3 Å². The van der Waals surface area contributed by atoms with Gasteiger partial charge in [-0.1, -0.05) is 6.92 Å². The number of halogens is 5. The van der Waals surface area contributed by atoms with E-state index in [1.807, 2.05) is 12.3 Å². The topological polar surface area (TPSA) is 24.4 Å². The fourth-order valence-corrected chi connectivity index (χ4v) is 2.20. The molecule has 1 aliphatic carbocycles. The van der Waals surface area contributed by atoms with Crippen LogP contribution in [0.2, 0.25) is 0 Å². The third-order valence-electron chi connectivity index (χ3n) is 3.28. The van der Waals surface area contributed by atoms with Crippen LogP contribution in [0, 0.1) is 35.0 Å². The molecule has 0 unspecified atom stereocenters. The van der Waals surface area contributed by atoms with Crippen molar-refractivity contribution in [3.05, 3.63) is 29.1 Å². The summed E-state index contributed by atoms with van der Waals surface area (Å²) in [5.41, 5.74) is 1.51. The lowest BCUT2D eigenvalue weighted by Gasteiger charge is -2.19. The molecule has 0 aliphatic heterocycles. The average Bonchev–Trinajstić information content (AvgIpc) is 2.43. The summed E-state index contributed by atoms with van der Waals surface area (Å²) in [5.74, 6) is -9.57. The van der Waals surface area contributed by atoms with Crippen molar-refractivity contribution in [2.75, 3.05) is 5.43 Å². The Kier molecular flexibility index (Phi) is 4.25. The first-order valence-electron chi connectivity index (χ1n) is 6.24. The van der Waals surface area contributed by atoms with Crippen molar-refractivity contribution >= 4 is 11.4 Å². The van der Waals surface area contributed by atoms with Crippen LogP contribution in [0.25, 0.3) is 0 Å². The van der Waals surface area contributed by atoms with E-state index in [1.54, 1.807) is 0 Å². The zero-order chi connectivity index (χ0) is 14.9. The Morgan fingerprint density at radius 1 is 0.950 bits per heavy atom. The zero-order valence-corrected chi connectivity index (χ0v) is 10.7. The third-order valence-corrected chi connectivity index (χ3v) is 3.28. The molecular formula is C13H13F5N2. The highest BCUT2D eigenvalue weighted by molar-refractivity contribution is 5.85. The van der Waals surface area contributed by atoms with Gasteiger partial charge in [-0.3, -0.25) is 5.43 Å². The van der Waals surface area contributed by atoms with E-state index in [0.29, 0.717) is 24.5 Å². The molecule has 1 atom stereocenters. The monoisotopic (exact) mass is 292 g/mol. The molecule has 20 heavy (non-hydrogen) atoms. The predicted octanol–water partition coefficient (Wildman–Crippen LogP) is 4.36. The van der Waals surface area contributed by atoms with Crippen LogP contribution in [-0.4, -0.2) is 5.71 Å². The molecule has 7 heteroatoms. The van der Waals surface area contributed by atoms with Gasteiger partial charge >= 0.3 is 0 Å². The van der Waals surface area contributed by atoms with Gasteiger partial charge in [0, 0.05) is 5.71 Å². The number of rotatable bonds is 2. The number of nitrogens with one attached hydrogen (secondary N) is 1. The second kappa shape index (κ2) is 5.76. The smallest absolute Gasteiger partial charge is 0.200 e. The fourth-order valence-electron chi connectivity index (χ4n) is 2.20. The van der Waals surface area contributed by atoms with Crippen molar-refractivity contribution in [2.24, 2.45) is 11.0 Å². The van der Waals surface area contributed by atoms with Crippen LogP contribution in [0.1, 0.15) is 32.6 Å². The molecule has 2 nitrogen and oxygen atoms in total. The summed E-state index contributed by atoms with van der Waals surface area (Å²) in [4.78, 5) is 0. The van der Waals surface area contributed by atoms with Gasteiger partial charge in [0.25, 0.3) is 0 Å².